The highest BCUT2D eigenvalue weighted by Crippen LogP contribution is 2.29. The van der Waals surface area contributed by atoms with E-state index in [4.69, 9.17) is 19.2 Å². The Morgan fingerprint density at radius 2 is 2.00 bits per heavy atom. The van der Waals surface area contributed by atoms with E-state index in [2.05, 4.69) is 0 Å². The molecule has 0 aliphatic heterocycles. The van der Waals surface area contributed by atoms with Gasteiger partial charge in [-0.1, -0.05) is 18.2 Å². The van der Waals surface area contributed by atoms with Gasteiger partial charge in [0.2, 0.25) is 5.43 Å². The summed E-state index contributed by atoms with van der Waals surface area (Å²) in [5.41, 5.74) is 1.36. The first kappa shape index (κ1) is 14.7. The Bertz CT molecular complexity index is 953. The average Bonchev–Trinajstić information content (AvgIpc) is 2.60. The van der Waals surface area contributed by atoms with Crippen molar-refractivity contribution in [1.29, 1.82) is 5.26 Å². The van der Waals surface area contributed by atoms with E-state index in [-0.39, 0.29) is 12.0 Å². The fourth-order valence-electron chi connectivity index (χ4n) is 2.37. The predicted octanol–water partition coefficient (Wildman–Crippen LogP) is 3.37. The largest absolute Gasteiger partial charge is 0.496 e. The summed E-state index contributed by atoms with van der Waals surface area (Å²) in [5, 5.41) is 8.98. The summed E-state index contributed by atoms with van der Waals surface area (Å²) >= 11 is 0. The molecule has 2 aromatic carbocycles. The van der Waals surface area contributed by atoms with Crippen LogP contribution in [0.3, 0.4) is 0 Å². The molecule has 0 aliphatic rings. The molecule has 0 radical (unpaired) electrons. The predicted molar refractivity (Wildman–Crippen MR) is 85.6 cm³/mol. The van der Waals surface area contributed by atoms with Gasteiger partial charge in [0.05, 0.1) is 18.1 Å². The van der Waals surface area contributed by atoms with Crippen molar-refractivity contribution >= 4 is 11.0 Å². The first-order valence-corrected chi connectivity index (χ1v) is 6.93. The summed E-state index contributed by atoms with van der Waals surface area (Å²) in [7, 11) is 1.56. The maximum Gasteiger partial charge on any atom is 0.200 e. The van der Waals surface area contributed by atoms with Gasteiger partial charge in [-0.15, -0.1) is 0 Å². The lowest BCUT2D eigenvalue weighted by atomic mass is 10.0. The molecular weight excluding hydrogens is 294 g/mol. The van der Waals surface area contributed by atoms with Crippen molar-refractivity contribution in [3.63, 3.8) is 0 Å². The highest BCUT2D eigenvalue weighted by Gasteiger charge is 2.13. The van der Waals surface area contributed by atoms with E-state index in [1.54, 1.807) is 37.4 Å². The van der Waals surface area contributed by atoms with Crippen molar-refractivity contribution in [2.24, 2.45) is 0 Å². The quantitative estimate of drug-likeness (QED) is 0.739. The van der Waals surface area contributed by atoms with Crippen LogP contribution in [0.5, 0.6) is 11.5 Å². The topological polar surface area (TPSA) is 72.5 Å². The minimum atomic E-state index is -0.150. The standard InChI is InChI=1S/C18H13NO4/c1-21-16-5-3-2-4-13(16)15-11-23-17-10-12(22-9-8-19)6-7-14(17)18(15)20/h2-7,10-11H,9H2,1H3. The Morgan fingerprint density at radius 3 is 2.78 bits per heavy atom. The van der Waals surface area contributed by atoms with E-state index in [1.165, 1.54) is 6.26 Å². The number of rotatable bonds is 4. The smallest absolute Gasteiger partial charge is 0.200 e. The minimum absolute atomic E-state index is 0.0605. The van der Waals surface area contributed by atoms with Crippen LogP contribution in [0, 0.1) is 11.3 Å². The fraction of sp³-hybridized carbons (Fsp3) is 0.111. The molecule has 0 unspecified atom stereocenters. The van der Waals surface area contributed by atoms with Crippen molar-refractivity contribution in [3.8, 4) is 28.7 Å². The Hall–Kier alpha value is -3.26. The van der Waals surface area contributed by atoms with Gasteiger partial charge in [0, 0.05) is 11.6 Å². The van der Waals surface area contributed by atoms with Crippen molar-refractivity contribution in [2.45, 2.75) is 0 Å². The zero-order valence-electron chi connectivity index (χ0n) is 12.4. The normalized spacial score (nSPS) is 10.3. The minimum Gasteiger partial charge on any atom is -0.496 e. The molecule has 0 amide bonds. The zero-order chi connectivity index (χ0) is 16.2. The highest BCUT2D eigenvalue weighted by atomic mass is 16.5. The van der Waals surface area contributed by atoms with E-state index >= 15 is 0 Å². The monoisotopic (exact) mass is 307 g/mol. The van der Waals surface area contributed by atoms with Gasteiger partial charge in [-0.05, 0) is 18.2 Å². The molecule has 1 aromatic heterocycles. The Balaban J connectivity index is 2.13. The van der Waals surface area contributed by atoms with E-state index in [0.717, 1.165) is 0 Å². The Labute approximate surface area is 132 Å². The fourth-order valence-corrected chi connectivity index (χ4v) is 2.37. The highest BCUT2D eigenvalue weighted by molar-refractivity contribution is 5.83. The molecule has 5 heteroatoms. The van der Waals surface area contributed by atoms with Crippen LogP contribution < -0.4 is 14.9 Å². The van der Waals surface area contributed by atoms with Gasteiger partial charge in [0.25, 0.3) is 0 Å². The summed E-state index contributed by atoms with van der Waals surface area (Å²) < 4.78 is 16.1. The van der Waals surface area contributed by atoms with Gasteiger partial charge >= 0.3 is 0 Å². The molecule has 0 fully saturated rings. The molecule has 5 nitrogen and oxygen atoms in total. The van der Waals surface area contributed by atoms with Crippen molar-refractivity contribution in [3.05, 3.63) is 59.0 Å². The second kappa shape index (κ2) is 6.24. The Morgan fingerprint density at radius 1 is 1.17 bits per heavy atom. The summed E-state index contributed by atoms with van der Waals surface area (Å²) in [4.78, 5) is 12.7. The van der Waals surface area contributed by atoms with Crippen LogP contribution >= 0.6 is 0 Å². The van der Waals surface area contributed by atoms with Crippen LogP contribution in [-0.2, 0) is 0 Å². The van der Waals surface area contributed by atoms with E-state index in [1.807, 2.05) is 18.2 Å². The number of fused-ring (bicyclic) bond motifs is 1. The molecule has 114 valence electrons. The van der Waals surface area contributed by atoms with Gasteiger partial charge in [0.15, 0.2) is 6.61 Å². The van der Waals surface area contributed by atoms with Crippen LogP contribution in [0.25, 0.3) is 22.1 Å². The summed E-state index contributed by atoms with van der Waals surface area (Å²) in [5.74, 6) is 1.08. The summed E-state index contributed by atoms with van der Waals surface area (Å²) in [6, 6.07) is 14.0. The number of methoxy groups -OCH3 is 1. The molecular formula is C18H13NO4. The average molecular weight is 307 g/mol. The Kier molecular flexibility index (Phi) is 3.98. The molecule has 0 atom stereocenters. The third-order valence-corrected chi connectivity index (χ3v) is 3.45. The lowest BCUT2D eigenvalue weighted by molar-refractivity contribution is 0.368. The van der Waals surface area contributed by atoms with Gasteiger partial charge in [-0.25, -0.2) is 0 Å². The summed E-state index contributed by atoms with van der Waals surface area (Å²) in [6.45, 7) is -0.0605. The van der Waals surface area contributed by atoms with Crippen molar-refractivity contribution in [2.75, 3.05) is 13.7 Å². The number of hydrogen-bond acceptors (Lipinski definition) is 5. The molecule has 3 rings (SSSR count). The maximum absolute atomic E-state index is 12.7. The van der Waals surface area contributed by atoms with Crippen LogP contribution in [0.1, 0.15) is 0 Å². The second-order valence-electron chi connectivity index (χ2n) is 4.78. The van der Waals surface area contributed by atoms with Crippen molar-refractivity contribution in [1.82, 2.24) is 0 Å². The molecule has 0 bridgehead atoms. The number of benzene rings is 2. The van der Waals surface area contributed by atoms with Crippen LogP contribution in [0.2, 0.25) is 0 Å². The van der Waals surface area contributed by atoms with Crippen LogP contribution in [0.15, 0.2) is 57.9 Å². The van der Waals surface area contributed by atoms with Crippen LogP contribution in [0.4, 0.5) is 0 Å². The molecule has 3 aromatic rings. The second-order valence-corrected chi connectivity index (χ2v) is 4.78. The number of para-hydroxylation sites is 1. The maximum atomic E-state index is 12.7. The third kappa shape index (κ3) is 2.74. The number of ether oxygens (including phenoxy) is 2. The molecule has 0 N–H and O–H groups in total. The van der Waals surface area contributed by atoms with Crippen molar-refractivity contribution < 1.29 is 13.9 Å². The number of nitrogens with zero attached hydrogens (tertiary/aromatic N) is 1. The van der Waals surface area contributed by atoms with Gasteiger partial charge in [-0.3, -0.25) is 4.79 Å². The molecule has 0 saturated heterocycles. The molecule has 0 spiro atoms. The lowest BCUT2D eigenvalue weighted by Gasteiger charge is -2.08. The number of nitriles is 1. The SMILES string of the molecule is COc1ccccc1-c1coc2cc(OCC#N)ccc2c1=O. The van der Waals surface area contributed by atoms with E-state index < -0.39 is 0 Å². The molecule has 23 heavy (non-hydrogen) atoms. The van der Waals surface area contributed by atoms with E-state index in [0.29, 0.717) is 33.6 Å². The summed E-state index contributed by atoms with van der Waals surface area (Å²) in [6.07, 6.45) is 1.41. The van der Waals surface area contributed by atoms with E-state index in [9.17, 15) is 4.79 Å². The first-order chi connectivity index (χ1) is 11.2. The first-order valence-electron chi connectivity index (χ1n) is 6.93. The number of hydrogen-bond donors (Lipinski definition) is 0. The van der Waals surface area contributed by atoms with Gasteiger partial charge in [-0.2, -0.15) is 5.26 Å². The molecule has 0 saturated carbocycles. The third-order valence-electron chi connectivity index (χ3n) is 3.45. The van der Waals surface area contributed by atoms with Crippen LogP contribution in [-0.4, -0.2) is 13.7 Å². The van der Waals surface area contributed by atoms with Gasteiger partial charge < -0.3 is 13.9 Å². The van der Waals surface area contributed by atoms with Gasteiger partial charge in [0.1, 0.15) is 29.4 Å². The lowest BCUT2D eigenvalue weighted by Crippen LogP contribution is -2.06. The molecule has 0 aliphatic carbocycles. The molecule has 1 heterocycles. The zero-order valence-corrected chi connectivity index (χ0v) is 12.4.